The predicted molar refractivity (Wildman–Crippen MR) is 81.8 cm³/mol. The van der Waals surface area contributed by atoms with Crippen LogP contribution in [0.1, 0.15) is 17.9 Å². The Kier molecular flexibility index (Phi) is 5.12. The van der Waals surface area contributed by atoms with Crippen LogP contribution in [0.25, 0.3) is 0 Å². The molecule has 1 amide bonds. The summed E-state index contributed by atoms with van der Waals surface area (Å²) in [5.41, 5.74) is 0.613. The molecule has 0 bridgehead atoms. The summed E-state index contributed by atoms with van der Waals surface area (Å²) in [6.07, 6.45) is -7.81. The summed E-state index contributed by atoms with van der Waals surface area (Å²) in [5, 5.41) is 52.2. The third-order valence-corrected chi connectivity index (χ3v) is 4.46. The molecule has 0 aliphatic carbocycles. The molecule has 1 saturated heterocycles. The molecule has 1 aromatic carbocycles. The topological polar surface area (TPSA) is 169 Å². The van der Waals surface area contributed by atoms with E-state index in [1.54, 1.807) is 6.07 Å². The molecule has 10 nitrogen and oxygen atoms in total. The standard InChI is InChI=1S/C16H19NO9/c18-5-9-12(21)13(22)14(23)16(26-9)25-8-3-1-2-6-7(4-10(19)20)15(24)17-11(6)8/h1-3,7,9,12-14,16,18,21-23H,4-5H2,(H,17,24)(H,19,20)/p-1/t7?,9-,12-,13+,14-,16-/m1/s1. The molecular formula is C16H18NO9-. The lowest BCUT2D eigenvalue weighted by molar-refractivity contribution is -0.306. The number of hydrogen-bond acceptors (Lipinski definition) is 9. The van der Waals surface area contributed by atoms with Gasteiger partial charge >= 0.3 is 0 Å². The number of carboxylic acid groups (broad SMARTS) is 1. The minimum Gasteiger partial charge on any atom is -0.550 e. The Labute approximate surface area is 147 Å². The third-order valence-electron chi connectivity index (χ3n) is 4.46. The van der Waals surface area contributed by atoms with Crippen molar-refractivity contribution in [3.8, 4) is 5.75 Å². The fraction of sp³-hybridized carbons (Fsp3) is 0.500. The Balaban J connectivity index is 1.85. The fourth-order valence-corrected chi connectivity index (χ4v) is 3.08. The molecule has 0 aromatic heterocycles. The van der Waals surface area contributed by atoms with Crippen LogP contribution in [0, 0.1) is 0 Å². The molecule has 0 saturated carbocycles. The van der Waals surface area contributed by atoms with E-state index in [1.807, 2.05) is 0 Å². The smallest absolute Gasteiger partial charge is 0.232 e. The van der Waals surface area contributed by atoms with Crippen molar-refractivity contribution < 1.29 is 44.6 Å². The van der Waals surface area contributed by atoms with Crippen molar-refractivity contribution in [1.29, 1.82) is 0 Å². The van der Waals surface area contributed by atoms with Gasteiger partial charge in [-0.05, 0) is 11.6 Å². The van der Waals surface area contributed by atoms with Crippen molar-refractivity contribution in [2.75, 3.05) is 11.9 Å². The van der Waals surface area contributed by atoms with Gasteiger partial charge in [0.1, 0.15) is 30.2 Å². The van der Waals surface area contributed by atoms with Crippen LogP contribution < -0.4 is 15.2 Å². The first-order valence-electron chi connectivity index (χ1n) is 7.94. The second-order valence-corrected chi connectivity index (χ2v) is 6.15. The van der Waals surface area contributed by atoms with Crippen LogP contribution in [0.3, 0.4) is 0 Å². The van der Waals surface area contributed by atoms with E-state index < -0.39 is 61.5 Å². The Morgan fingerprint density at radius 2 is 1.96 bits per heavy atom. The highest BCUT2D eigenvalue weighted by Crippen LogP contribution is 2.41. The second kappa shape index (κ2) is 7.17. The van der Waals surface area contributed by atoms with E-state index in [2.05, 4.69) is 5.32 Å². The van der Waals surface area contributed by atoms with Crippen LogP contribution >= 0.6 is 0 Å². The van der Waals surface area contributed by atoms with Crippen molar-refractivity contribution in [2.24, 2.45) is 0 Å². The predicted octanol–water partition coefficient (Wildman–Crippen LogP) is -2.96. The number of rotatable bonds is 5. The maximum Gasteiger partial charge on any atom is 0.232 e. The van der Waals surface area contributed by atoms with Gasteiger partial charge in [0.25, 0.3) is 0 Å². The van der Waals surface area contributed by atoms with Gasteiger partial charge < -0.3 is 45.1 Å². The summed E-state index contributed by atoms with van der Waals surface area (Å²) < 4.78 is 10.8. The van der Waals surface area contributed by atoms with E-state index in [0.717, 1.165) is 0 Å². The lowest BCUT2D eigenvalue weighted by atomic mass is 9.97. The number of carboxylic acids is 1. The SMILES string of the molecule is O=C([O-])CC1C(=O)Nc2c(O[C@@H]3O[C@H](CO)[C@@H](O)[C@H](O)[C@H]3O)cccc21. The van der Waals surface area contributed by atoms with Crippen molar-refractivity contribution in [3.63, 3.8) is 0 Å². The number of para-hydroxylation sites is 1. The van der Waals surface area contributed by atoms with Gasteiger partial charge in [0.15, 0.2) is 0 Å². The fourth-order valence-electron chi connectivity index (χ4n) is 3.08. The average molecular weight is 368 g/mol. The molecule has 3 rings (SSSR count). The molecule has 142 valence electrons. The highest BCUT2D eigenvalue weighted by Gasteiger charge is 2.45. The lowest BCUT2D eigenvalue weighted by Crippen LogP contribution is -2.60. The van der Waals surface area contributed by atoms with Crippen molar-refractivity contribution in [1.82, 2.24) is 0 Å². The minimum atomic E-state index is -1.61. The maximum atomic E-state index is 12.0. The molecule has 1 unspecified atom stereocenters. The number of hydrogen-bond donors (Lipinski definition) is 5. The van der Waals surface area contributed by atoms with E-state index in [9.17, 15) is 35.1 Å². The van der Waals surface area contributed by atoms with E-state index in [-0.39, 0.29) is 11.4 Å². The molecule has 2 aliphatic heterocycles. The normalized spacial score (nSPS) is 33.5. The first kappa shape index (κ1) is 18.5. The zero-order chi connectivity index (χ0) is 19.0. The number of aliphatic hydroxyl groups is 4. The van der Waals surface area contributed by atoms with Crippen LogP contribution in [-0.4, -0.2) is 69.6 Å². The van der Waals surface area contributed by atoms with Gasteiger partial charge in [-0.15, -0.1) is 0 Å². The van der Waals surface area contributed by atoms with Gasteiger partial charge in [-0.25, -0.2) is 0 Å². The van der Waals surface area contributed by atoms with Crippen LogP contribution in [0.2, 0.25) is 0 Å². The van der Waals surface area contributed by atoms with E-state index in [1.165, 1.54) is 12.1 Å². The largest absolute Gasteiger partial charge is 0.550 e. The number of anilines is 1. The molecule has 1 aromatic rings. The summed E-state index contributed by atoms with van der Waals surface area (Å²) in [4.78, 5) is 22.9. The average Bonchev–Trinajstić information content (AvgIpc) is 2.91. The van der Waals surface area contributed by atoms with Gasteiger partial charge in [0.05, 0.1) is 18.2 Å². The molecule has 26 heavy (non-hydrogen) atoms. The lowest BCUT2D eigenvalue weighted by Gasteiger charge is -2.39. The summed E-state index contributed by atoms with van der Waals surface area (Å²) in [5.74, 6) is -2.76. The first-order chi connectivity index (χ1) is 12.3. The van der Waals surface area contributed by atoms with Crippen LogP contribution in [-0.2, 0) is 14.3 Å². The number of nitrogens with one attached hydrogen (secondary N) is 1. The van der Waals surface area contributed by atoms with Gasteiger partial charge in [-0.2, -0.15) is 0 Å². The molecular weight excluding hydrogens is 350 g/mol. The van der Waals surface area contributed by atoms with E-state index in [0.29, 0.717) is 5.56 Å². The van der Waals surface area contributed by atoms with Gasteiger partial charge in [0.2, 0.25) is 12.2 Å². The van der Waals surface area contributed by atoms with Crippen molar-refractivity contribution in [3.05, 3.63) is 23.8 Å². The minimum absolute atomic E-state index is 0.0843. The zero-order valence-corrected chi connectivity index (χ0v) is 13.4. The molecule has 0 radical (unpaired) electrons. The summed E-state index contributed by atoms with van der Waals surface area (Å²) >= 11 is 0. The molecule has 5 N–H and O–H groups in total. The number of aliphatic carboxylic acids is 1. The number of ether oxygens (including phenoxy) is 2. The molecule has 2 aliphatic rings. The molecule has 0 spiro atoms. The molecule has 2 heterocycles. The summed E-state index contributed by atoms with van der Waals surface area (Å²) in [6, 6.07) is 4.55. The number of carbonyl (C=O) groups excluding carboxylic acids is 2. The van der Waals surface area contributed by atoms with Gasteiger partial charge in [0, 0.05) is 12.4 Å². The quantitative estimate of drug-likeness (QED) is 0.364. The highest BCUT2D eigenvalue weighted by molar-refractivity contribution is 6.05. The maximum absolute atomic E-state index is 12.0. The van der Waals surface area contributed by atoms with Crippen LogP contribution in [0.15, 0.2) is 18.2 Å². The Hall–Kier alpha value is -2.24. The van der Waals surface area contributed by atoms with Crippen LogP contribution in [0.4, 0.5) is 5.69 Å². The number of carbonyl (C=O) groups is 2. The monoisotopic (exact) mass is 368 g/mol. The van der Waals surface area contributed by atoms with E-state index in [4.69, 9.17) is 9.47 Å². The van der Waals surface area contributed by atoms with Crippen molar-refractivity contribution in [2.45, 2.75) is 43.0 Å². The Bertz CT molecular complexity index is 707. The Morgan fingerprint density at radius 1 is 1.23 bits per heavy atom. The molecule has 6 atom stereocenters. The first-order valence-corrected chi connectivity index (χ1v) is 7.94. The summed E-state index contributed by atoms with van der Waals surface area (Å²) in [6.45, 7) is -0.609. The van der Waals surface area contributed by atoms with Gasteiger partial charge in [-0.1, -0.05) is 12.1 Å². The Morgan fingerprint density at radius 3 is 2.62 bits per heavy atom. The second-order valence-electron chi connectivity index (χ2n) is 6.15. The van der Waals surface area contributed by atoms with Crippen LogP contribution in [0.5, 0.6) is 5.75 Å². The summed E-state index contributed by atoms with van der Waals surface area (Å²) in [7, 11) is 0. The van der Waals surface area contributed by atoms with Crippen molar-refractivity contribution >= 4 is 17.6 Å². The number of fused-ring (bicyclic) bond motifs is 1. The number of aliphatic hydroxyl groups excluding tert-OH is 4. The molecule has 1 fully saturated rings. The highest BCUT2D eigenvalue weighted by atomic mass is 16.7. The molecule has 10 heteroatoms. The zero-order valence-electron chi connectivity index (χ0n) is 13.4. The van der Waals surface area contributed by atoms with E-state index >= 15 is 0 Å². The number of benzene rings is 1. The third kappa shape index (κ3) is 3.24. The van der Waals surface area contributed by atoms with Gasteiger partial charge in [-0.3, -0.25) is 4.79 Å². The number of amides is 1.